The predicted molar refractivity (Wildman–Crippen MR) is 82.5 cm³/mol. The molecule has 0 spiro atoms. The van der Waals surface area contributed by atoms with Crippen LogP contribution in [0.1, 0.15) is 5.56 Å². The van der Waals surface area contributed by atoms with Gasteiger partial charge in [-0.05, 0) is 37.2 Å². The van der Waals surface area contributed by atoms with Crippen molar-refractivity contribution in [2.45, 2.75) is 18.5 Å². The van der Waals surface area contributed by atoms with Crippen LogP contribution >= 0.6 is 15.9 Å². The van der Waals surface area contributed by atoms with Crippen LogP contribution in [0.4, 0.5) is 4.39 Å². The number of likely N-dealkylation sites (N-methyl/N-ethyl adjacent to an activating group) is 1. The summed E-state index contributed by atoms with van der Waals surface area (Å²) in [6.45, 7) is 5.83. The molecule has 2 unspecified atom stereocenters. The summed E-state index contributed by atoms with van der Waals surface area (Å²) in [5.41, 5.74) is 1.04. The number of nitrogens with one attached hydrogen (secondary N) is 1. The molecule has 0 radical (unpaired) electrons. The molecule has 0 amide bonds. The fraction of sp³-hybridized carbons (Fsp3) is 0.600. The van der Waals surface area contributed by atoms with Crippen molar-refractivity contribution in [1.29, 1.82) is 0 Å². The maximum atomic E-state index is 13.4. The maximum Gasteiger partial charge on any atom is 0.123 e. The van der Waals surface area contributed by atoms with E-state index in [-0.39, 0.29) is 5.82 Å². The molecule has 3 fully saturated rings. The number of rotatable bonds is 4. The van der Waals surface area contributed by atoms with Crippen molar-refractivity contribution in [2.24, 2.45) is 0 Å². The summed E-state index contributed by atoms with van der Waals surface area (Å²) in [6, 6.07) is 5.83. The molecule has 3 aliphatic rings. The van der Waals surface area contributed by atoms with Crippen LogP contribution in [0.15, 0.2) is 22.7 Å². The molecule has 3 nitrogen and oxygen atoms in total. The van der Waals surface area contributed by atoms with Crippen LogP contribution in [-0.4, -0.2) is 61.7 Å². The monoisotopic (exact) mass is 341 g/mol. The minimum Gasteiger partial charge on any atom is -0.315 e. The number of benzene rings is 1. The van der Waals surface area contributed by atoms with Crippen molar-refractivity contribution < 1.29 is 4.39 Å². The Hall–Kier alpha value is -0.490. The van der Waals surface area contributed by atoms with E-state index in [0.29, 0.717) is 12.1 Å². The van der Waals surface area contributed by atoms with Gasteiger partial charge in [0.2, 0.25) is 0 Å². The molecule has 1 aromatic carbocycles. The maximum absolute atomic E-state index is 13.4. The summed E-state index contributed by atoms with van der Waals surface area (Å²) >= 11 is 3.53. The Morgan fingerprint density at radius 1 is 1.35 bits per heavy atom. The molecular weight excluding hydrogens is 321 g/mol. The molecule has 3 saturated heterocycles. The molecule has 0 aliphatic carbocycles. The van der Waals surface area contributed by atoms with Crippen LogP contribution in [-0.2, 0) is 6.42 Å². The fourth-order valence-electron chi connectivity index (χ4n) is 3.41. The molecule has 3 aliphatic heterocycles. The average molecular weight is 342 g/mol. The van der Waals surface area contributed by atoms with Crippen molar-refractivity contribution in [3.63, 3.8) is 0 Å². The number of fused-ring (bicyclic) bond motifs is 3. The minimum absolute atomic E-state index is 0.160. The van der Waals surface area contributed by atoms with Crippen LogP contribution in [0.25, 0.3) is 0 Å². The molecule has 3 heterocycles. The lowest BCUT2D eigenvalue weighted by Gasteiger charge is -2.50. The molecular formula is C15H21BrFN3. The van der Waals surface area contributed by atoms with E-state index in [1.54, 1.807) is 12.1 Å². The molecule has 110 valence electrons. The second-order valence-electron chi connectivity index (χ2n) is 5.74. The summed E-state index contributed by atoms with van der Waals surface area (Å²) in [7, 11) is 2.01. The summed E-state index contributed by atoms with van der Waals surface area (Å²) in [5.74, 6) is -0.160. The molecule has 2 atom stereocenters. The van der Waals surface area contributed by atoms with Gasteiger partial charge >= 0.3 is 0 Å². The Labute approximate surface area is 128 Å². The molecule has 0 saturated carbocycles. The number of piperazine rings is 3. The average Bonchev–Trinajstić information content (AvgIpc) is 2.49. The first kappa shape index (κ1) is 14.4. The van der Waals surface area contributed by atoms with Gasteiger partial charge in [-0.15, -0.1) is 0 Å². The minimum atomic E-state index is -0.160. The lowest BCUT2D eigenvalue weighted by Crippen LogP contribution is -2.66. The standard InChI is InChI=1S/C15H21BrFN3/c1-18-14(9-11-8-12(17)2-3-13(11)16)15-10-19-4-6-20(15)7-5-19/h2-3,8,14-15,18H,4-7,9-10H2,1H3. The number of halogens is 2. The Bertz CT molecular complexity index is 474. The topological polar surface area (TPSA) is 18.5 Å². The summed E-state index contributed by atoms with van der Waals surface area (Å²) in [4.78, 5) is 5.12. The summed E-state index contributed by atoms with van der Waals surface area (Å²) in [6.07, 6.45) is 0.851. The van der Waals surface area contributed by atoms with Gasteiger partial charge in [0.1, 0.15) is 5.82 Å². The van der Waals surface area contributed by atoms with Crippen LogP contribution in [0.3, 0.4) is 0 Å². The first-order valence-corrected chi connectivity index (χ1v) is 8.04. The second kappa shape index (κ2) is 6.10. The SMILES string of the molecule is CNC(Cc1cc(F)ccc1Br)C1CN2CCN1CC2. The van der Waals surface area contributed by atoms with Gasteiger partial charge in [-0.2, -0.15) is 0 Å². The summed E-state index contributed by atoms with van der Waals surface area (Å²) < 4.78 is 14.4. The van der Waals surface area contributed by atoms with Crippen molar-refractivity contribution in [3.8, 4) is 0 Å². The van der Waals surface area contributed by atoms with E-state index in [4.69, 9.17) is 0 Å². The lowest BCUT2D eigenvalue weighted by atomic mass is 9.94. The lowest BCUT2D eigenvalue weighted by molar-refractivity contribution is -0.00204. The van der Waals surface area contributed by atoms with E-state index in [0.717, 1.165) is 36.1 Å². The molecule has 20 heavy (non-hydrogen) atoms. The third kappa shape index (κ3) is 2.91. The zero-order chi connectivity index (χ0) is 14.1. The highest BCUT2D eigenvalue weighted by atomic mass is 79.9. The second-order valence-corrected chi connectivity index (χ2v) is 6.59. The van der Waals surface area contributed by atoms with Crippen LogP contribution in [0.5, 0.6) is 0 Å². The van der Waals surface area contributed by atoms with Gasteiger partial charge in [-0.1, -0.05) is 15.9 Å². The zero-order valence-electron chi connectivity index (χ0n) is 11.8. The van der Waals surface area contributed by atoms with E-state index in [2.05, 4.69) is 31.0 Å². The summed E-state index contributed by atoms with van der Waals surface area (Å²) in [5, 5.41) is 3.44. The normalized spacial score (nSPS) is 30.4. The highest BCUT2D eigenvalue weighted by molar-refractivity contribution is 9.10. The van der Waals surface area contributed by atoms with Gasteiger partial charge in [0, 0.05) is 49.3 Å². The van der Waals surface area contributed by atoms with Crippen LogP contribution in [0.2, 0.25) is 0 Å². The van der Waals surface area contributed by atoms with Crippen molar-refractivity contribution in [3.05, 3.63) is 34.1 Å². The van der Waals surface area contributed by atoms with E-state index >= 15 is 0 Å². The zero-order valence-corrected chi connectivity index (χ0v) is 13.4. The first-order valence-electron chi connectivity index (χ1n) is 7.25. The van der Waals surface area contributed by atoms with Crippen molar-refractivity contribution >= 4 is 15.9 Å². The highest BCUT2D eigenvalue weighted by Crippen LogP contribution is 2.24. The molecule has 1 N–H and O–H groups in total. The third-order valence-corrected chi connectivity index (χ3v) is 5.38. The Balaban J connectivity index is 1.75. The molecule has 2 bridgehead atoms. The molecule has 0 aromatic heterocycles. The van der Waals surface area contributed by atoms with Gasteiger partial charge in [0.05, 0.1) is 0 Å². The number of hydrogen-bond acceptors (Lipinski definition) is 3. The van der Waals surface area contributed by atoms with Crippen molar-refractivity contribution in [1.82, 2.24) is 15.1 Å². The largest absolute Gasteiger partial charge is 0.315 e. The Kier molecular flexibility index (Phi) is 4.40. The predicted octanol–water partition coefficient (Wildman–Crippen LogP) is 1.72. The van der Waals surface area contributed by atoms with Crippen molar-refractivity contribution in [2.75, 3.05) is 39.8 Å². The molecule has 5 heteroatoms. The third-order valence-electron chi connectivity index (χ3n) is 4.60. The Morgan fingerprint density at radius 2 is 2.10 bits per heavy atom. The van der Waals surface area contributed by atoms with Gasteiger partial charge in [-0.25, -0.2) is 4.39 Å². The quantitative estimate of drug-likeness (QED) is 0.899. The van der Waals surface area contributed by atoms with Gasteiger partial charge in [-0.3, -0.25) is 9.80 Å². The first-order chi connectivity index (χ1) is 9.67. The Morgan fingerprint density at radius 3 is 2.70 bits per heavy atom. The van der Waals surface area contributed by atoms with E-state index in [1.807, 2.05) is 7.05 Å². The van der Waals surface area contributed by atoms with Gasteiger partial charge in [0.15, 0.2) is 0 Å². The van der Waals surface area contributed by atoms with Gasteiger partial charge in [0.25, 0.3) is 0 Å². The van der Waals surface area contributed by atoms with E-state index < -0.39 is 0 Å². The number of nitrogens with zero attached hydrogens (tertiary/aromatic N) is 2. The van der Waals surface area contributed by atoms with Gasteiger partial charge < -0.3 is 5.32 Å². The number of hydrogen-bond donors (Lipinski definition) is 1. The van der Waals surface area contributed by atoms with Crippen LogP contribution in [0, 0.1) is 5.82 Å². The fourth-order valence-corrected chi connectivity index (χ4v) is 3.81. The molecule has 1 aromatic rings. The highest BCUT2D eigenvalue weighted by Gasteiger charge is 2.36. The molecule has 4 rings (SSSR count). The van der Waals surface area contributed by atoms with E-state index in [9.17, 15) is 4.39 Å². The van der Waals surface area contributed by atoms with Crippen LogP contribution < -0.4 is 5.32 Å². The smallest absolute Gasteiger partial charge is 0.123 e. The van der Waals surface area contributed by atoms with E-state index in [1.165, 1.54) is 19.2 Å².